The number of sulfonamides is 1. The van der Waals surface area contributed by atoms with Gasteiger partial charge in [0, 0.05) is 35.8 Å². The maximum Gasteiger partial charge on any atom is 0.240 e. The van der Waals surface area contributed by atoms with Crippen LogP contribution >= 0.6 is 11.6 Å². The van der Waals surface area contributed by atoms with E-state index in [0.717, 1.165) is 16.9 Å². The molecule has 0 amide bonds. The molecule has 2 aromatic rings. The molecule has 1 fully saturated rings. The molecule has 146 valence electrons. The molecule has 3 rings (SSSR count). The summed E-state index contributed by atoms with van der Waals surface area (Å²) in [7, 11) is -2.05. The minimum Gasteiger partial charge on any atom is -0.496 e. The summed E-state index contributed by atoms with van der Waals surface area (Å²) in [5.74, 6) is 0.761. The molecule has 1 heterocycles. The van der Waals surface area contributed by atoms with E-state index in [1.54, 1.807) is 19.2 Å². The first-order chi connectivity index (χ1) is 12.9. The Bertz CT molecular complexity index is 908. The summed E-state index contributed by atoms with van der Waals surface area (Å²) < 4.78 is 39.5. The van der Waals surface area contributed by atoms with E-state index in [2.05, 4.69) is 4.72 Å². The molecule has 1 N–H and O–H groups in total. The van der Waals surface area contributed by atoms with Crippen molar-refractivity contribution >= 4 is 21.6 Å². The topological polar surface area (TPSA) is 64.6 Å². The Hall–Kier alpha value is -1.60. The third-order valence-electron chi connectivity index (χ3n) is 5.18. The molecule has 5 nitrogen and oxygen atoms in total. The van der Waals surface area contributed by atoms with Gasteiger partial charge < -0.3 is 9.47 Å². The van der Waals surface area contributed by atoms with Crippen LogP contribution in [0.15, 0.2) is 47.4 Å². The molecular weight excluding hydrogens is 386 g/mol. The summed E-state index contributed by atoms with van der Waals surface area (Å²) >= 11 is 6.11. The Balaban J connectivity index is 1.90. The van der Waals surface area contributed by atoms with Gasteiger partial charge in [0.15, 0.2) is 0 Å². The number of halogens is 1. The van der Waals surface area contributed by atoms with Gasteiger partial charge in [-0.2, -0.15) is 0 Å². The zero-order valence-electron chi connectivity index (χ0n) is 15.5. The average Bonchev–Trinajstić information content (AvgIpc) is 2.69. The highest BCUT2D eigenvalue weighted by molar-refractivity contribution is 7.89. The molecule has 0 aromatic heterocycles. The van der Waals surface area contributed by atoms with Gasteiger partial charge in [-0.15, -0.1) is 0 Å². The van der Waals surface area contributed by atoms with Crippen molar-refractivity contribution in [1.82, 2.24) is 4.72 Å². The van der Waals surface area contributed by atoms with Crippen molar-refractivity contribution < 1.29 is 17.9 Å². The number of ether oxygens (including phenoxy) is 2. The van der Waals surface area contributed by atoms with Crippen LogP contribution in [0.1, 0.15) is 24.0 Å². The zero-order chi connectivity index (χ0) is 19.5. The number of hydrogen-bond donors (Lipinski definition) is 1. The standard InChI is InChI=1S/C20H24ClNO4S/c1-15-7-8-16(13-18(15)21)27(23,24)22-14-20(9-11-26-12-10-20)17-5-3-4-6-19(17)25-2/h3-8,13,22H,9-12,14H2,1-2H3. The van der Waals surface area contributed by atoms with Crippen molar-refractivity contribution in [2.75, 3.05) is 26.9 Å². The van der Waals surface area contributed by atoms with Crippen LogP contribution in [0.3, 0.4) is 0 Å². The van der Waals surface area contributed by atoms with Crippen molar-refractivity contribution in [1.29, 1.82) is 0 Å². The van der Waals surface area contributed by atoms with Crippen LogP contribution in [-0.4, -0.2) is 35.3 Å². The van der Waals surface area contributed by atoms with E-state index in [1.165, 1.54) is 6.07 Å². The second-order valence-corrected chi connectivity index (χ2v) is 9.00. The first-order valence-corrected chi connectivity index (χ1v) is 10.7. The van der Waals surface area contributed by atoms with Crippen molar-refractivity contribution in [3.8, 4) is 5.75 Å². The number of hydrogen-bond acceptors (Lipinski definition) is 4. The minimum absolute atomic E-state index is 0.167. The fourth-order valence-electron chi connectivity index (χ4n) is 3.44. The lowest BCUT2D eigenvalue weighted by atomic mass is 9.74. The summed E-state index contributed by atoms with van der Waals surface area (Å²) in [6.07, 6.45) is 1.43. The van der Waals surface area contributed by atoms with E-state index in [9.17, 15) is 8.42 Å². The Morgan fingerprint density at radius 3 is 2.56 bits per heavy atom. The second kappa shape index (κ2) is 8.19. The molecule has 0 radical (unpaired) electrons. The van der Waals surface area contributed by atoms with E-state index in [4.69, 9.17) is 21.1 Å². The Morgan fingerprint density at radius 2 is 1.89 bits per heavy atom. The molecule has 0 saturated carbocycles. The van der Waals surface area contributed by atoms with E-state index in [-0.39, 0.29) is 16.9 Å². The molecule has 1 aliphatic heterocycles. The summed E-state index contributed by atoms with van der Waals surface area (Å²) in [6.45, 7) is 3.27. The average molecular weight is 410 g/mol. The van der Waals surface area contributed by atoms with Crippen LogP contribution in [0.2, 0.25) is 5.02 Å². The third kappa shape index (κ3) is 4.29. The molecule has 7 heteroatoms. The second-order valence-electron chi connectivity index (χ2n) is 6.83. The Labute approximate surface area is 165 Å². The van der Waals surface area contributed by atoms with Crippen LogP contribution in [-0.2, 0) is 20.2 Å². The van der Waals surface area contributed by atoms with Gasteiger partial charge in [0.1, 0.15) is 5.75 Å². The summed E-state index contributed by atoms with van der Waals surface area (Å²) in [5.41, 5.74) is 1.46. The number of nitrogens with one attached hydrogen (secondary N) is 1. The zero-order valence-corrected chi connectivity index (χ0v) is 17.1. The molecular formula is C20H24ClNO4S. The van der Waals surface area contributed by atoms with E-state index in [1.807, 2.05) is 31.2 Å². The summed E-state index contributed by atoms with van der Waals surface area (Å²) in [5, 5.41) is 0.434. The van der Waals surface area contributed by atoms with E-state index in [0.29, 0.717) is 31.1 Å². The van der Waals surface area contributed by atoms with Crippen LogP contribution in [0, 0.1) is 6.92 Å². The largest absolute Gasteiger partial charge is 0.496 e. The maximum atomic E-state index is 12.8. The van der Waals surface area contributed by atoms with E-state index >= 15 is 0 Å². The van der Waals surface area contributed by atoms with Crippen molar-refractivity contribution in [2.45, 2.75) is 30.1 Å². The SMILES string of the molecule is COc1ccccc1C1(CNS(=O)(=O)c2ccc(C)c(Cl)c2)CCOCC1. The molecule has 27 heavy (non-hydrogen) atoms. The van der Waals surface area contributed by atoms with E-state index < -0.39 is 10.0 Å². The van der Waals surface area contributed by atoms with Gasteiger partial charge in [-0.05, 0) is 43.5 Å². The van der Waals surface area contributed by atoms with Gasteiger partial charge in [0.2, 0.25) is 10.0 Å². The highest BCUT2D eigenvalue weighted by atomic mass is 35.5. The highest BCUT2D eigenvalue weighted by Gasteiger charge is 2.37. The van der Waals surface area contributed by atoms with Gasteiger partial charge in [-0.25, -0.2) is 13.1 Å². The summed E-state index contributed by atoms with van der Waals surface area (Å²) in [4.78, 5) is 0.167. The lowest BCUT2D eigenvalue weighted by Crippen LogP contribution is -2.44. The normalized spacial score (nSPS) is 16.9. The van der Waals surface area contributed by atoms with Crippen LogP contribution in [0.25, 0.3) is 0 Å². The molecule has 1 saturated heterocycles. The number of methoxy groups -OCH3 is 1. The number of benzene rings is 2. The third-order valence-corrected chi connectivity index (χ3v) is 6.99. The Kier molecular flexibility index (Phi) is 6.11. The lowest BCUT2D eigenvalue weighted by molar-refractivity contribution is 0.0509. The highest BCUT2D eigenvalue weighted by Crippen LogP contribution is 2.39. The fraction of sp³-hybridized carbons (Fsp3) is 0.400. The van der Waals surface area contributed by atoms with Crippen molar-refractivity contribution in [3.63, 3.8) is 0 Å². The predicted molar refractivity (Wildman–Crippen MR) is 106 cm³/mol. The van der Waals surface area contributed by atoms with Crippen LogP contribution in [0.4, 0.5) is 0 Å². The van der Waals surface area contributed by atoms with Gasteiger partial charge >= 0.3 is 0 Å². The summed E-state index contributed by atoms with van der Waals surface area (Å²) in [6, 6.07) is 12.5. The smallest absolute Gasteiger partial charge is 0.240 e. The fourth-order valence-corrected chi connectivity index (χ4v) is 4.84. The maximum absolute atomic E-state index is 12.8. The predicted octanol–water partition coefficient (Wildman–Crippen LogP) is 3.68. The molecule has 1 aliphatic rings. The molecule has 0 unspecified atom stereocenters. The first kappa shape index (κ1) is 20.1. The number of aryl methyl sites for hydroxylation is 1. The molecule has 0 atom stereocenters. The molecule has 2 aromatic carbocycles. The van der Waals surface area contributed by atoms with Crippen LogP contribution in [0.5, 0.6) is 5.75 Å². The Morgan fingerprint density at radius 1 is 1.19 bits per heavy atom. The number of rotatable bonds is 6. The quantitative estimate of drug-likeness (QED) is 0.790. The number of para-hydroxylation sites is 1. The van der Waals surface area contributed by atoms with Gasteiger partial charge in [-0.3, -0.25) is 0 Å². The molecule has 0 bridgehead atoms. The van der Waals surface area contributed by atoms with Crippen molar-refractivity contribution in [3.05, 3.63) is 58.6 Å². The minimum atomic E-state index is -3.68. The molecule has 0 spiro atoms. The lowest BCUT2D eigenvalue weighted by Gasteiger charge is -2.38. The van der Waals surface area contributed by atoms with Gasteiger partial charge in [0.05, 0.1) is 12.0 Å². The van der Waals surface area contributed by atoms with Gasteiger partial charge in [-0.1, -0.05) is 35.9 Å². The van der Waals surface area contributed by atoms with Crippen molar-refractivity contribution in [2.24, 2.45) is 0 Å². The van der Waals surface area contributed by atoms with Gasteiger partial charge in [0.25, 0.3) is 0 Å². The molecule has 0 aliphatic carbocycles. The monoisotopic (exact) mass is 409 g/mol. The van der Waals surface area contributed by atoms with Crippen LogP contribution < -0.4 is 9.46 Å². The first-order valence-electron chi connectivity index (χ1n) is 8.85.